The lowest BCUT2D eigenvalue weighted by atomic mass is 10.0. The Morgan fingerprint density at radius 3 is 2.33 bits per heavy atom. The zero-order valence-corrected chi connectivity index (χ0v) is 14.4. The van der Waals surface area contributed by atoms with Crippen molar-refractivity contribution in [2.24, 2.45) is 0 Å². The molecule has 2 heterocycles. The Kier molecular flexibility index (Phi) is 3.88. The molecule has 0 spiro atoms. The minimum Gasteiger partial charge on any atom is -0.216 e. The van der Waals surface area contributed by atoms with E-state index in [0.29, 0.717) is 21.4 Å². The number of benzene rings is 2. The number of aromatic nitrogens is 4. The molecule has 4 nitrogen and oxygen atoms in total. The van der Waals surface area contributed by atoms with Crippen molar-refractivity contribution in [3.8, 4) is 22.4 Å². The molecular weight excluding hydrogens is 367 g/mol. The van der Waals surface area contributed by atoms with Gasteiger partial charge < -0.3 is 0 Å². The normalized spacial score (nSPS) is 11.1. The molecule has 0 fully saturated rings. The van der Waals surface area contributed by atoms with E-state index in [-0.39, 0.29) is 5.28 Å². The van der Waals surface area contributed by atoms with Gasteiger partial charge in [-0.15, -0.1) is 0 Å². The van der Waals surface area contributed by atoms with Crippen LogP contribution in [0.25, 0.3) is 28.0 Å². The Hall–Kier alpha value is -2.14. The first kappa shape index (κ1) is 15.4. The van der Waals surface area contributed by atoms with Gasteiger partial charge in [0.25, 0.3) is 0 Å². The Bertz CT molecular complexity index is 1040. The smallest absolute Gasteiger partial charge is 0.216 e. The molecule has 0 saturated carbocycles. The lowest BCUT2D eigenvalue weighted by Gasteiger charge is -2.05. The molecule has 2 aromatic carbocycles. The number of halogens is 3. The minimum absolute atomic E-state index is 0.230. The largest absolute Gasteiger partial charge is 0.227 e. The summed E-state index contributed by atoms with van der Waals surface area (Å²) >= 11 is 18.6. The van der Waals surface area contributed by atoms with Crippen LogP contribution >= 0.6 is 34.8 Å². The number of rotatable bonds is 2. The summed E-state index contributed by atoms with van der Waals surface area (Å²) in [4.78, 5) is 8.33. The van der Waals surface area contributed by atoms with Crippen molar-refractivity contribution in [2.45, 2.75) is 0 Å². The van der Waals surface area contributed by atoms with E-state index in [2.05, 4.69) is 15.1 Å². The standard InChI is InChI=1S/C17H9Cl3N4/c18-11-7-5-10(6-8-11)14-15(12-3-1-2-4-13(12)19)23-24-16(14)21-9-22-17(24)20/h1-9H. The van der Waals surface area contributed by atoms with Crippen molar-refractivity contribution in [1.29, 1.82) is 0 Å². The molecule has 4 rings (SSSR count). The first-order valence-corrected chi connectivity index (χ1v) is 8.18. The lowest BCUT2D eigenvalue weighted by molar-refractivity contribution is 0.895. The molecule has 0 amide bonds. The average Bonchev–Trinajstić information content (AvgIpc) is 2.97. The molecule has 7 heteroatoms. The third-order valence-electron chi connectivity index (χ3n) is 3.64. The fraction of sp³-hybridized carbons (Fsp3) is 0. The average molecular weight is 376 g/mol. The molecule has 0 N–H and O–H groups in total. The molecule has 0 aliphatic carbocycles. The monoisotopic (exact) mass is 374 g/mol. The Balaban J connectivity index is 2.10. The number of hydrogen-bond acceptors (Lipinski definition) is 3. The first-order chi connectivity index (χ1) is 11.6. The molecule has 0 aliphatic rings. The second-order valence-corrected chi connectivity index (χ2v) is 6.27. The van der Waals surface area contributed by atoms with Gasteiger partial charge in [-0.3, -0.25) is 0 Å². The molecule has 2 aromatic heterocycles. The van der Waals surface area contributed by atoms with E-state index >= 15 is 0 Å². The zero-order chi connectivity index (χ0) is 16.7. The summed E-state index contributed by atoms with van der Waals surface area (Å²) in [5.74, 6) is 0. The van der Waals surface area contributed by atoms with Crippen molar-refractivity contribution in [3.63, 3.8) is 0 Å². The van der Waals surface area contributed by atoms with E-state index < -0.39 is 0 Å². The van der Waals surface area contributed by atoms with Crippen LogP contribution in [0, 0.1) is 0 Å². The maximum Gasteiger partial charge on any atom is 0.227 e. The van der Waals surface area contributed by atoms with E-state index in [1.807, 2.05) is 48.5 Å². The summed E-state index contributed by atoms with van der Waals surface area (Å²) in [6.45, 7) is 0. The Morgan fingerprint density at radius 1 is 0.833 bits per heavy atom. The molecule has 0 aliphatic heterocycles. The Morgan fingerprint density at radius 2 is 1.58 bits per heavy atom. The SMILES string of the molecule is Clc1ccc(-c2c(-c3ccccc3Cl)nn3c(Cl)ncnc23)cc1. The van der Waals surface area contributed by atoms with Crippen LogP contribution in [0.3, 0.4) is 0 Å². The minimum atomic E-state index is 0.230. The van der Waals surface area contributed by atoms with E-state index in [4.69, 9.17) is 34.8 Å². The zero-order valence-electron chi connectivity index (χ0n) is 12.1. The highest BCUT2D eigenvalue weighted by Crippen LogP contribution is 2.38. The topological polar surface area (TPSA) is 43.1 Å². The maximum atomic E-state index is 6.37. The molecular formula is C17H9Cl3N4. The van der Waals surface area contributed by atoms with Gasteiger partial charge in [0.15, 0.2) is 5.65 Å². The van der Waals surface area contributed by atoms with E-state index in [1.54, 1.807) is 0 Å². The summed E-state index contributed by atoms with van der Waals surface area (Å²) in [5, 5.41) is 6.07. The van der Waals surface area contributed by atoms with Crippen molar-refractivity contribution in [3.05, 3.63) is 70.2 Å². The predicted molar refractivity (Wildman–Crippen MR) is 96.7 cm³/mol. The van der Waals surface area contributed by atoms with E-state index in [0.717, 1.165) is 16.7 Å². The number of fused-ring (bicyclic) bond motifs is 1. The van der Waals surface area contributed by atoms with Gasteiger partial charge >= 0.3 is 0 Å². The molecule has 24 heavy (non-hydrogen) atoms. The van der Waals surface area contributed by atoms with Crippen molar-refractivity contribution < 1.29 is 0 Å². The van der Waals surface area contributed by atoms with Gasteiger partial charge in [-0.2, -0.15) is 9.61 Å². The predicted octanol–water partition coefficient (Wildman–Crippen LogP) is 5.42. The van der Waals surface area contributed by atoms with Crippen LogP contribution in [0.15, 0.2) is 54.9 Å². The molecule has 4 aromatic rings. The second kappa shape index (κ2) is 6.06. The van der Waals surface area contributed by atoms with Gasteiger partial charge in [0.2, 0.25) is 5.28 Å². The third kappa shape index (κ3) is 2.53. The van der Waals surface area contributed by atoms with Crippen molar-refractivity contribution >= 4 is 40.4 Å². The molecule has 0 saturated heterocycles. The summed E-state index contributed by atoms with van der Waals surface area (Å²) < 4.78 is 1.50. The van der Waals surface area contributed by atoms with Gasteiger partial charge in [0.1, 0.15) is 12.0 Å². The van der Waals surface area contributed by atoms with Crippen molar-refractivity contribution in [1.82, 2.24) is 19.6 Å². The second-order valence-electron chi connectivity index (χ2n) is 5.09. The molecule has 0 atom stereocenters. The summed E-state index contributed by atoms with van der Waals surface area (Å²) in [6.07, 6.45) is 1.41. The van der Waals surface area contributed by atoms with Crippen LogP contribution in [0.2, 0.25) is 15.3 Å². The van der Waals surface area contributed by atoms with E-state index in [9.17, 15) is 0 Å². The van der Waals surface area contributed by atoms with Gasteiger partial charge in [0.05, 0.1) is 10.6 Å². The van der Waals surface area contributed by atoms with Crippen molar-refractivity contribution in [2.75, 3.05) is 0 Å². The van der Waals surface area contributed by atoms with Crippen LogP contribution < -0.4 is 0 Å². The number of hydrogen-bond donors (Lipinski definition) is 0. The third-order valence-corrected chi connectivity index (χ3v) is 4.48. The molecule has 0 unspecified atom stereocenters. The molecule has 118 valence electrons. The van der Waals surface area contributed by atoms with Crippen LogP contribution in [-0.2, 0) is 0 Å². The number of nitrogens with zero attached hydrogens (tertiary/aromatic N) is 4. The quantitative estimate of drug-likeness (QED) is 0.470. The fourth-order valence-electron chi connectivity index (χ4n) is 2.57. The first-order valence-electron chi connectivity index (χ1n) is 7.05. The van der Waals surface area contributed by atoms with Crippen LogP contribution in [0.1, 0.15) is 0 Å². The lowest BCUT2D eigenvalue weighted by Crippen LogP contribution is -1.94. The van der Waals surface area contributed by atoms with Gasteiger partial charge in [-0.1, -0.05) is 53.5 Å². The Labute approximate surface area is 152 Å². The summed E-state index contributed by atoms with van der Waals surface area (Å²) in [6, 6.07) is 15.0. The highest BCUT2D eigenvalue weighted by atomic mass is 35.5. The van der Waals surface area contributed by atoms with Gasteiger partial charge in [0, 0.05) is 10.6 Å². The highest BCUT2D eigenvalue weighted by Gasteiger charge is 2.20. The maximum absolute atomic E-state index is 6.37. The molecule has 0 bridgehead atoms. The van der Waals surface area contributed by atoms with Gasteiger partial charge in [-0.25, -0.2) is 9.97 Å². The van der Waals surface area contributed by atoms with Gasteiger partial charge in [-0.05, 0) is 35.4 Å². The summed E-state index contributed by atoms with van der Waals surface area (Å²) in [7, 11) is 0. The van der Waals surface area contributed by atoms with Crippen LogP contribution in [0.4, 0.5) is 0 Å². The van der Waals surface area contributed by atoms with Crippen LogP contribution in [-0.4, -0.2) is 19.6 Å². The van der Waals surface area contributed by atoms with E-state index in [1.165, 1.54) is 10.8 Å². The summed E-state index contributed by atoms with van der Waals surface area (Å²) in [5.41, 5.74) is 3.83. The fourth-order valence-corrected chi connectivity index (χ4v) is 3.08. The van der Waals surface area contributed by atoms with Crippen LogP contribution in [0.5, 0.6) is 0 Å². The molecule has 0 radical (unpaired) electrons. The highest BCUT2D eigenvalue weighted by molar-refractivity contribution is 6.33.